The molecule has 0 bridgehead atoms. The summed E-state index contributed by atoms with van der Waals surface area (Å²) in [4.78, 5) is 14.7. The van der Waals surface area contributed by atoms with Crippen molar-refractivity contribution in [2.75, 3.05) is 18.4 Å². The van der Waals surface area contributed by atoms with E-state index in [2.05, 4.69) is 10.2 Å². The zero-order valence-corrected chi connectivity index (χ0v) is 15.4. The highest BCUT2D eigenvalue weighted by molar-refractivity contribution is 6.30. The maximum Gasteiger partial charge on any atom is 0.416 e. The van der Waals surface area contributed by atoms with Crippen molar-refractivity contribution >= 4 is 23.2 Å². The number of rotatable bonds is 4. The molecule has 2 aromatic rings. The number of hydrogen-bond donors (Lipinski definition) is 1. The third-order valence-electron chi connectivity index (χ3n) is 4.76. The Kier molecular flexibility index (Phi) is 6.07. The molecule has 0 radical (unpaired) electrons. The Morgan fingerprint density at radius 3 is 2.19 bits per heavy atom. The molecule has 1 amide bonds. The van der Waals surface area contributed by atoms with Crippen molar-refractivity contribution in [1.82, 2.24) is 4.90 Å². The molecule has 1 aliphatic rings. The van der Waals surface area contributed by atoms with Crippen LogP contribution >= 0.6 is 11.6 Å². The SMILES string of the molecule is O=C(Nc1ccc(C(F)(F)F)cc1)C1CCN(Cc2ccc(Cl)cc2)CC1. The number of likely N-dealkylation sites (tertiary alicyclic amines) is 1. The zero-order chi connectivity index (χ0) is 19.4. The third kappa shape index (κ3) is 5.47. The second-order valence-electron chi connectivity index (χ2n) is 6.74. The van der Waals surface area contributed by atoms with Gasteiger partial charge in [0.05, 0.1) is 5.56 Å². The van der Waals surface area contributed by atoms with Crippen LogP contribution in [0.3, 0.4) is 0 Å². The lowest BCUT2D eigenvalue weighted by Crippen LogP contribution is -2.37. The van der Waals surface area contributed by atoms with Gasteiger partial charge in [-0.05, 0) is 67.9 Å². The molecule has 1 N–H and O–H groups in total. The molecule has 144 valence electrons. The molecule has 3 nitrogen and oxygen atoms in total. The molecular weight excluding hydrogens is 377 g/mol. The lowest BCUT2D eigenvalue weighted by Gasteiger charge is -2.31. The van der Waals surface area contributed by atoms with Gasteiger partial charge in [0.15, 0.2) is 0 Å². The first-order valence-corrected chi connectivity index (χ1v) is 9.14. The molecule has 0 aromatic heterocycles. The van der Waals surface area contributed by atoms with Crippen molar-refractivity contribution in [3.05, 3.63) is 64.7 Å². The number of nitrogens with zero attached hydrogens (tertiary/aromatic N) is 1. The van der Waals surface area contributed by atoms with E-state index in [1.54, 1.807) is 0 Å². The smallest absolute Gasteiger partial charge is 0.326 e. The van der Waals surface area contributed by atoms with Crippen LogP contribution in [0, 0.1) is 5.92 Å². The van der Waals surface area contributed by atoms with Crippen molar-refractivity contribution in [3.63, 3.8) is 0 Å². The molecular formula is C20H20ClF3N2O. The average molecular weight is 397 g/mol. The van der Waals surface area contributed by atoms with Crippen molar-refractivity contribution in [1.29, 1.82) is 0 Å². The normalized spacial score (nSPS) is 16.3. The first kappa shape index (κ1) is 19.7. The standard InChI is InChI=1S/C20H20ClF3N2O/c21-17-5-1-14(2-6-17)13-26-11-9-15(10-12-26)19(27)25-18-7-3-16(4-8-18)20(22,23)24/h1-8,15H,9-13H2,(H,25,27). The van der Waals surface area contributed by atoms with Gasteiger partial charge in [0.2, 0.25) is 5.91 Å². The molecule has 0 spiro atoms. The highest BCUT2D eigenvalue weighted by Gasteiger charge is 2.30. The van der Waals surface area contributed by atoms with Gasteiger partial charge >= 0.3 is 6.18 Å². The summed E-state index contributed by atoms with van der Waals surface area (Å²) in [6.07, 6.45) is -2.93. The molecule has 7 heteroatoms. The van der Waals surface area contributed by atoms with E-state index in [1.807, 2.05) is 24.3 Å². The van der Waals surface area contributed by atoms with E-state index in [4.69, 9.17) is 11.6 Å². The number of carbonyl (C=O) groups is 1. The number of halogens is 4. The van der Waals surface area contributed by atoms with Crippen LogP contribution in [0.25, 0.3) is 0 Å². The van der Waals surface area contributed by atoms with Crippen molar-refractivity contribution in [2.45, 2.75) is 25.6 Å². The molecule has 2 aromatic carbocycles. The van der Waals surface area contributed by atoms with E-state index >= 15 is 0 Å². The van der Waals surface area contributed by atoms with Crippen LogP contribution < -0.4 is 5.32 Å². The van der Waals surface area contributed by atoms with Crippen LogP contribution in [0.2, 0.25) is 5.02 Å². The summed E-state index contributed by atoms with van der Waals surface area (Å²) < 4.78 is 37.8. The Morgan fingerprint density at radius 2 is 1.63 bits per heavy atom. The Bertz CT molecular complexity index is 767. The highest BCUT2D eigenvalue weighted by Crippen LogP contribution is 2.30. The topological polar surface area (TPSA) is 32.3 Å². The lowest BCUT2D eigenvalue weighted by atomic mass is 9.95. The maximum absolute atomic E-state index is 12.6. The molecule has 0 unspecified atom stereocenters. The van der Waals surface area contributed by atoms with E-state index in [0.29, 0.717) is 10.7 Å². The second kappa shape index (κ2) is 8.31. The first-order chi connectivity index (χ1) is 12.8. The van der Waals surface area contributed by atoms with Gasteiger partial charge in [0.25, 0.3) is 0 Å². The van der Waals surface area contributed by atoms with Crippen molar-refractivity contribution in [3.8, 4) is 0 Å². The monoisotopic (exact) mass is 396 g/mol. The number of benzene rings is 2. The number of nitrogens with one attached hydrogen (secondary N) is 1. The fourth-order valence-electron chi connectivity index (χ4n) is 3.19. The summed E-state index contributed by atoms with van der Waals surface area (Å²) in [5.41, 5.74) is 0.833. The van der Waals surface area contributed by atoms with E-state index in [-0.39, 0.29) is 11.8 Å². The van der Waals surface area contributed by atoms with Gasteiger partial charge in [-0.25, -0.2) is 0 Å². The Hall–Kier alpha value is -2.05. The summed E-state index contributed by atoms with van der Waals surface area (Å²) in [5.74, 6) is -0.269. The van der Waals surface area contributed by atoms with Crippen LogP contribution in [0.1, 0.15) is 24.0 Å². The van der Waals surface area contributed by atoms with Gasteiger partial charge < -0.3 is 5.32 Å². The quantitative estimate of drug-likeness (QED) is 0.769. The summed E-state index contributed by atoms with van der Waals surface area (Å²) in [6, 6.07) is 12.2. The van der Waals surface area contributed by atoms with Gasteiger partial charge in [0.1, 0.15) is 0 Å². The number of amides is 1. The Balaban J connectivity index is 1.49. The molecule has 0 atom stereocenters. The number of anilines is 1. The summed E-state index contributed by atoms with van der Waals surface area (Å²) in [5, 5.41) is 3.43. The third-order valence-corrected chi connectivity index (χ3v) is 5.01. The van der Waals surface area contributed by atoms with Gasteiger partial charge in [0, 0.05) is 23.2 Å². The fraction of sp³-hybridized carbons (Fsp3) is 0.350. The molecule has 0 aliphatic carbocycles. The molecule has 3 rings (SSSR count). The number of alkyl halides is 3. The summed E-state index contributed by atoms with van der Waals surface area (Å²) in [6.45, 7) is 2.41. The van der Waals surface area contributed by atoms with Gasteiger partial charge in [-0.3, -0.25) is 9.69 Å². The Labute approximate surface area is 161 Å². The van der Waals surface area contributed by atoms with Crippen molar-refractivity contribution in [2.24, 2.45) is 5.92 Å². The molecule has 0 saturated carbocycles. The summed E-state index contributed by atoms with van der Waals surface area (Å²) >= 11 is 5.89. The minimum absolute atomic E-state index is 0.131. The maximum atomic E-state index is 12.6. The predicted octanol–water partition coefficient (Wildman–Crippen LogP) is 5.21. The number of hydrogen-bond acceptors (Lipinski definition) is 2. The van der Waals surface area contributed by atoms with Crippen LogP contribution in [-0.4, -0.2) is 23.9 Å². The largest absolute Gasteiger partial charge is 0.416 e. The van der Waals surface area contributed by atoms with Crippen LogP contribution in [-0.2, 0) is 17.5 Å². The average Bonchev–Trinajstić information content (AvgIpc) is 2.64. The first-order valence-electron chi connectivity index (χ1n) is 8.76. The van der Waals surface area contributed by atoms with Crippen LogP contribution in [0.15, 0.2) is 48.5 Å². The van der Waals surface area contributed by atoms with Crippen LogP contribution in [0.5, 0.6) is 0 Å². The number of piperidine rings is 1. The van der Waals surface area contributed by atoms with Gasteiger partial charge in [-0.1, -0.05) is 23.7 Å². The number of carbonyl (C=O) groups excluding carboxylic acids is 1. The Morgan fingerprint density at radius 1 is 1.04 bits per heavy atom. The zero-order valence-electron chi connectivity index (χ0n) is 14.6. The minimum Gasteiger partial charge on any atom is -0.326 e. The fourth-order valence-corrected chi connectivity index (χ4v) is 3.31. The minimum atomic E-state index is -4.38. The molecule has 1 fully saturated rings. The second-order valence-corrected chi connectivity index (χ2v) is 7.18. The predicted molar refractivity (Wildman–Crippen MR) is 99.5 cm³/mol. The van der Waals surface area contributed by atoms with Crippen molar-refractivity contribution < 1.29 is 18.0 Å². The molecule has 1 heterocycles. The molecule has 1 saturated heterocycles. The van der Waals surface area contributed by atoms with E-state index in [0.717, 1.165) is 44.6 Å². The van der Waals surface area contributed by atoms with Gasteiger partial charge in [-0.2, -0.15) is 13.2 Å². The molecule has 27 heavy (non-hydrogen) atoms. The lowest BCUT2D eigenvalue weighted by molar-refractivity contribution is -0.137. The molecule has 1 aliphatic heterocycles. The van der Waals surface area contributed by atoms with E-state index in [1.165, 1.54) is 17.7 Å². The van der Waals surface area contributed by atoms with E-state index in [9.17, 15) is 18.0 Å². The summed E-state index contributed by atoms with van der Waals surface area (Å²) in [7, 11) is 0. The van der Waals surface area contributed by atoms with Crippen LogP contribution in [0.4, 0.5) is 18.9 Å². The van der Waals surface area contributed by atoms with Gasteiger partial charge in [-0.15, -0.1) is 0 Å². The highest BCUT2D eigenvalue weighted by atomic mass is 35.5. The van der Waals surface area contributed by atoms with E-state index < -0.39 is 11.7 Å².